The van der Waals surface area contributed by atoms with Crippen molar-refractivity contribution in [2.45, 2.75) is 37.3 Å². The molecule has 17 heavy (non-hydrogen) atoms. The first kappa shape index (κ1) is 12.9. The topological polar surface area (TPSA) is 64.0 Å². The molecular formula is C10H16ClN3O2S. The van der Waals surface area contributed by atoms with Gasteiger partial charge in [-0.05, 0) is 18.8 Å². The Morgan fingerprint density at radius 1 is 1.53 bits per heavy atom. The Balaban J connectivity index is 2.22. The van der Waals surface area contributed by atoms with Crippen molar-refractivity contribution in [1.29, 1.82) is 0 Å². The molecule has 0 aliphatic heterocycles. The molecule has 0 amide bonds. The van der Waals surface area contributed by atoms with Crippen molar-refractivity contribution in [3.63, 3.8) is 0 Å². The van der Waals surface area contributed by atoms with Crippen LogP contribution in [0, 0.1) is 5.92 Å². The normalized spacial score (nSPS) is 25.4. The number of hydrogen-bond acceptors (Lipinski definition) is 3. The summed E-state index contributed by atoms with van der Waals surface area (Å²) >= 11 is 5.90. The largest absolute Gasteiger partial charge is 0.324 e. The van der Waals surface area contributed by atoms with Gasteiger partial charge in [-0.1, -0.05) is 24.9 Å². The molecule has 1 heterocycles. The third-order valence-corrected chi connectivity index (χ3v) is 5.24. The number of rotatable bonds is 3. The molecule has 1 saturated carbocycles. The second kappa shape index (κ2) is 4.59. The van der Waals surface area contributed by atoms with Gasteiger partial charge < -0.3 is 4.57 Å². The van der Waals surface area contributed by atoms with Crippen molar-refractivity contribution in [2.24, 2.45) is 13.0 Å². The molecule has 1 aromatic heterocycles. The minimum absolute atomic E-state index is 0.00178. The van der Waals surface area contributed by atoms with Crippen LogP contribution >= 0.6 is 11.6 Å². The molecule has 0 aromatic carbocycles. The Hall–Kier alpha value is -0.590. The Kier molecular flexibility index (Phi) is 3.47. The van der Waals surface area contributed by atoms with Crippen molar-refractivity contribution >= 4 is 21.6 Å². The monoisotopic (exact) mass is 277 g/mol. The van der Waals surface area contributed by atoms with Gasteiger partial charge in [-0.15, -0.1) is 0 Å². The van der Waals surface area contributed by atoms with E-state index >= 15 is 0 Å². The first-order valence-electron chi connectivity index (χ1n) is 5.61. The van der Waals surface area contributed by atoms with Crippen LogP contribution in [0.25, 0.3) is 0 Å². The zero-order chi connectivity index (χ0) is 12.6. The van der Waals surface area contributed by atoms with Crippen LogP contribution in [0.1, 0.15) is 26.2 Å². The van der Waals surface area contributed by atoms with Crippen LogP contribution in [0.3, 0.4) is 0 Å². The summed E-state index contributed by atoms with van der Waals surface area (Å²) in [5.74, 6) is 0.368. The van der Waals surface area contributed by atoms with E-state index in [9.17, 15) is 8.42 Å². The number of aromatic nitrogens is 2. The van der Waals surface area contributed by atoms with Gasteiger partial charge in [-0.25, -0.2) is 18.1 Å². The van der Waals surface area contributed by atoms with Crippen LogP contribution < -0.4 is 4.72 Å². The number of halogens is 1. The van der Waals surface area contributed by atoms with Crippen molar-refractivity contribution < 1.29 is 8.42 Å². The first-order valence-corrected chi connectivity index (χ1v) is 7.47. The smallest absolute Gasteiger partial charge is 0.261 e. The quantitative estimate of drug-likeness (QED) is 0.911. The van der Waals surface area contributed by atoms with Crippen LogP contribution in [0.15, 0.2) is 11.4 Å². The van der Waals surface area contributed by atoms with Gasteiger partial charge in [-0.2, -0.15) is 0 Å². The van der Waals surface area contributed by atoms with E-state index < -0.39 is 10.0 Å². The highest BCUT2D eigenvalue weighted by molar-refractivity contribution is 7.89. The molecule has 1 aromatic rings. The van der Waals surface area contributed by atoms with Gasteiger partial charge in [0.1, 0.15) is 5.15 Å². The molecule has 2 atom stereocenters. The lowest BCUT2D eigenvalue weighted by Gasteiger charge is -2.16. The average Bonchev–Trinajstić information content (AvgIpc) is 2.76. The fourth-order valence-electron chi connectivity index (χ4n) is 2.15. The maximum Gasteiger partial charge on any atom is 0.261 e. The molecule has 1 aliphatic carbocycles. The number of nitrogens with zero attached hydrogens (tertiary/aromatic N) is 2. The number of aryl methyl sites for hydroxylation is 1. The molecule has 0 radical (unpaired) electrons. The van der Waals surface area contributed by atoms with Gasteiger partial charge >= 0.3 is 0 Å². The van der Waals surface area contributed by atoms with Gasteiger partial charge in [0, 0.05) is 13.1 Å². The Morgan fingerprint density at radius 2 is 2.24 bits per heavy atom. The molecule has 1 aliphatic rings. The first-order chi connectivity index (χ1) is 7.92. The maximum absolute atomic E-state index is 12.1. The molecule has 0 saturated heterocycles. The molecule has 1 fully saturated rings. The summed E-state index contributed by atoms with van der Waals surface area (Å²) in [6.07, 6.45) is 4.40. The highest BCUT2D eigenvalue weighted by Gasteiger charge is 2.30. The summed E-state index contributed by atoms with van der Waals surface area (Å²) < 4.78 is 28.4. The third-order valence-electron chi connectivity index (χ3n) is 3.26. The fraction of sp³-hybridized carbons (Fsp3) is 0.700. The lowest BCUT2D eigenvalue weighted by atomic mass is 10.1. The summed E-state index contributed by atoms with van der Waals surface area (Å²) in [4.78, 5) is 3.83. The summed E-state index contributed by atoms with van der Waals surface area (Å²) in [7, 11) is -1.94. The third kappa shape index (κ3) is 2.48. The molecule has 5 nitrogen and oxygen atoms in total. The minimum atomic E-state index is -3.60. The van der Waals surface area contributed by atoms with Crippen molar-refractivity contribution in [2.75, 3.05) is 0 Å². The molecule has 0 spiro atoms. The van der Waals surface area contributed by atoms with E-state index in [0.29, 0.717) is 5.92 Å². The molecule has 2 rings (SSSR count). The van der Waals surface area contributed by atoms with Crippen molar-refractivity contribution in [3.05, 3.63) is 11.5 Å². The van der Waals surface area contributed by atoms with Gasteiger partial charge in [0.2, 0.25) is 5.03 Å². The highest BCUT2D eigenvalue weighted by atomic mass is 35.5. The Bertz CT molecular complexity index is 512. The van der Waals surface area contributed by atoms with Crippen LogP contribution in [-0.4, -0.2) is 24.0 Å². The molecule has 2 unspecified atom stereocenters. The van der Waals surface area contributed by atoms with E-state index in [2.05, 4.69) is 16.6 Å². The number of nitrogens with one attached hydrogen (secondary N) is 1. The van der Waals surface area contributed by atoms with Crippen molar-refractivity contribution in [1.82, 2.24) is 14.3 Å². The maximum atomic E-state index is 12.1. The lowest BCUT2D eigenvalue weighted by molar-refractivity contribution is 0.475. The van der Waals surface area contributed by atoms with Crippen LogP contribution in [-0.2, 0) is 17.1 Å². The number of sulfonamides is 1. The highest BCUT2D eigenvalue weighted by Crippen LogP contribution is 2.27. The van der Waals surface area contributed by atoms with Gasteiger partial charge in [-0.3, -0.25) is 0 Å². The second-order valence-electron chi connectivity index (χ2n) is 4.59. The average molecular weight is 278 g/mol. The SMILES string of the molecule is CC1CCCC1NS(=O)(=O)c1ncn(C)c1Cl. The van der Waals surface area contributed by atoms with E-state index in [1.807, 2.05) is 0 Å². The molecule has 0 bridgehead atoms. The fourth-order valence-corrected chi connectivity index (χ4v) is 3.96. The Labute approximate surface area is 106 Å². The van der Waals surface area contributed by atoms with E-state index in [-0.39, 0.29) is 16.2 Å². The summed E-state index contributed by atoms with van der Waals surface area (Å²) in [6, 6.07) is -0.00178. The van der Waals surface area contributed by atoms with Crippen molar-refractivity contribution in [3.8, 4) is 0 Å². The molecule has 1 N–H and O–H groups in total. The van der Waals surface area contributed by atoms with Crippen LogP contribution in [0.5, 0.6) is 0 Å². The Morgan fingerprint density at radius 3 is 2.71 bits per heavy atom. The molecule has 7 heteroatoms. The van der Waals surface area contributed by atoms with Crippen LogP contribution in [0.4, 0.5) is 0 Å². The van der Waals surface area contributed by atoms with E-state index in [1.165, 1.54) is 10.9 Å². The van der Waals surface area contributed by atoms with Gasteiger partial charge in [0.25, 0.3) is 10.0 Å². The standard InChI is InChI=1S/C10H16ClN3O2S/c1-7-4-3-5-8(7)13-17(15,16)10-9(11)14(2)6-12-10/h6-8,13H,3-5H2,1-2H3. The molecule has 96 valence electrons. The lowest BCUT2D eigenvalue weighted by Crippen LogP contribution is -2.36. The van der Waals surface area contributed by atoms with E-state index in [0.717, 1.165) is 19.3 Å². The van der Waals surface area contributed by atoms with Crippen LogP contribution in [0.2, 0.25) is 5.15 Å². The zero-order valence-electron chi connectivity index (χ0n) is 9.85. The van der Waals surface area contributed by atoms with Gasteiger partial charge in [0.15, 0.2) is 0 Å². The number of hydrogen-bond donors (Lipinski definition) is 1. The summed E-state index contributed by atoms with van der Waals surface area (Å²) in [6.45, 7) is 2.06. The predicted molar refractivity (Wildman–Crippen MR) is 65.3 cm³/mol. The van der Waals surface area contributed by atoms with E-state index in [1.54, 1.807) is 7.05 Å². The summed E-state index contributed by atoms with van der Waals surface area (Å²) in [5.41, 5.74) is 0. The number of imidazole rings is 1. The van der Waals surface area contributed by atoms with E-state index in [4.69, 9.17) is 11.6 Å². The minimum Gasteiger partial charge on any atom is -0.324 e. The van der Waals surface area contributed by atoms with Gasteiger partial charge in [0.05, 0.1) is 6.33 Å². The predicted octanol–water partition coefficient (Wildman–Crippen LogP) is 1.54. The summed E-state index contributed by atoms with van der Waals surface area (Å²) in [5, 5.41) is 0.0592. The second-order valence-corrected chi connectivity index (χ2v) is 6.57. The molecular weight excluding hydrogens is 262 g/mol. The zero-order valence-corrected chi connectivity index (χ0v) is 11.4.